The molecule has 0 saturated carbocycles. The van der Waals surface area contributed by atoms with Gasteiger partial charge in [0.25, 0.3) is 0 Å². The predicted molar refractivity (Wildman–Crippen MR) is 82.1 cm³/mol. The summed E-state index contributed by atoms with van der Waals surface area (Å²) in [6, 6.07) is 8.00. The van der Waals surface area contributed by atoms with Gasteiger partial charge >= 0.3 is 0 Å². The molecule has 0 saturated heterocycles. The molecule has 108 valence electrons. The Bertz CT molecular complexity index is 749. The number of hydrogen-bond acceptors (Lipinski definition) is 5. The van der Waals surface area contributed by atoms with Crippen molar-refractivity contribution in [2.24, 2.45) is 0 Å². The zero-order chi connectivity index (χ0) is 14.7. The highest BCUT2D eigenvalue weighted by molar-refractivity contribution is 5.73. The van der Waals surface area contributed by atoms with E-state index in [4.69, 9.17) is 0 Å². The van der Waals surface area contributed by atoms with Crippen LogP contribution in [-0.4, -0.2) is 31.5 Å². The first kappa shape index (κ1) is 13.5. The van der Waals surface area contributed by atoms with Crippen molar-refractivity contribution in [1.82, 2.24) is 25.0 Å². The standard InChI is InChI=1S/C15H18N6/c1-11-12(2)17-10-18-15(11)16-8-5-9-21-14-7-4-3-6-13(14)19-20-21/h3-4,6-7,10H,5,8-9H2,1-2H3,(H,16,17,18). The summed E-state index contributed by atoms with van der Waals surface area (Å²) in [6.07, 6.45) is 2.55. The van der Waals surface area contributed by atoms with Crippen LogP contribution in [-0.2, 0) is 6.54 Å². The minimum atomic E-state index is 0.830. The maximum Gasteiger partial charge on any atom is 0.132 e. The lowest BCUT2D eigenvalue weighted by atomic mass is 10.2. The number of nitrogens with one attached hydrogen (secondary N) is 1. The second kappa shape index (κ2) is 5.87. The van der Waals surface area contributed by atoms with Gasteiger partial charge in [-0.3, -0.25) is 0 Å². The maximum absolute atomic E-state index is 4.27. The number of fused-ring (bicyclic) bond motifs is 1. The molecule has 0 aliphatic rings. The Morgan fingerprint density at radius 2 is 2.00 bits per heavy atom. The summed E-state index contributed by atoms with van der Waals surface area (Å²) < 4.78 is 1.94. The zero-order valence-electron chi connectivity index (χ0n) is 12.2. The minimum Gasteiger partial charge on any atom is -0.370 e. The Hall–Kier alpha value is -2.50. The molecule has 2 heterocycles. The Labute approximate surface area is 123 Å². The number of aromatic nitrogens is 5. The second-order valence-corrected chi connectivity index (χ2v) is 5.01. The quantitative estimate of drug-likeness (QED) is 0.727. The van der Waals surface area contributed by atoms with E-state index in [0.717, 1.165) is 47.6 Å². The van der Waals surface area contributed by atoms with Crippen molar-refractivity contribution in [1.29, 1.82) is 0 Å². The highest BCUT2D eigenvalue weighted by Gasteiger charge is 2.04. The van der Waals surface area contributed by atoms with Crippen molar-refractivity contribution in [2.45, 2.75) is 26.8 Å². The molecular weight excluding hydrogens is 264 g/mol. The van der Waals surface area contributed by atoms with Crippen molar-refractivity contribution >= 4 is 16.9 Å². The molecule has 6 heteroatoms. The van der Waals surface area contributed by atoms with E-state index in [-0.39, 0.29) is 0 Å². The van der Waals surface area contributed by atoms with Crippen LogP contribution in [0.5, 0.6) is 0 Å². The second-order valence-electron chi connectivity index (χ2n) is 5.01. The van der Waals surface area contributed by atoms with Crippen LogP contribution in [0.15, 0.2) is 30.6 Å². The highest BCUT2D eigenvalue weighted by Crippen LogP contribution is 2.13. The SMILES string of the molecule is Cc1ncnc(NCCCn2nnc3ccccc32)c1C. The topological polar surface area (TPSA) is 68.5 Å². The van der Waals surface area contributed by atoms with E-state index in [1.165, 1.54) is 0 Å². The van der Waals surface area contributed by atoms with Gasteiger partial charge in [0.15, 0.2) is 0 Å². The number of nitrogens with zero attached hydrogens (tertiary/aromatic N) is 5. The number of rotatable bonds is 5. The Kier molecular flexibility index (Phi) is 3.77. The average molecular weight is 282 g/mol. The molecule has 1 N–H and O–H groups in total. The van der Waals surface area contributed by atoms with Crippen molar-refractivity contribution in [3.8, 4) is 0 Å². The van der Waals surface area contributed by atoms with Crippen LogP contribution in [0.2, 0.25) is 0 Å². The highest BCUT2D eigenvalue weighted by atomic mass is 15.4. The first-order valence-corrected chi connectivity index (χ1v) is 7.06. The molecule has 2 aromatic heterocycles. The van der Waals surface area contributed by atoms with Crippen molar-refractivity contribution in [2.75, 3.05) is 11.9 Å². The number of hydrogen-bond donors (Lipinski definition) is 1. The van der Waals surface area contributed by atoms with Gasteiger partial charge in [-0.25, -0.2) is 14.6 Å². The molecule has 0 spiro atoms. The third-order valence-electron chi connectivity index (χ3n) is 3.60. The van der Waals surface area contributed by atoms with E-state index in [9.17, 15) is 0 Å². The molecule has 0 aliphatic carbocycles. The van der Waals surface area contributed by atoms with Crippen molar-refractivity contribution < 1.29 is 0 Å². The molecule has 6 nitrogen and oxygen atoms in total. The molecule has 3 rings (SSSR count). The van der Waals surface area contributed by atoms with Gasteiger partial charge in [-0.2, -0.15) is 0 Å². The lowest BCUT2D eigenvalue weighted by molar-refractivity contribution is 0.585. The fourth-order valence-corrected chi connectivity index (χ4v) is 2.23. The van der Waals surface area contributed by atoms with E-state index in [1.54, 1.807) is 6.33 Å². The maximum atomic E-state index is 4.27. The first-order chi connectivity index (χ1) is 10.3. The van der Waals surface area contributed by atoms with Gasteiger partial charge in [0.2, 0.25) is 0 Å². The van der Waals surface area contributed by atoms with Crippen molar-refractivity contribution in [3.05, 3.63) is 41.9 Å². The van der Waals surface area contributed by atoms with Crippen LogP contribution in [0.1, 0.15) is 17.7 Å². The lowest BCUT2D eigenvalue weighted by Gasteiger charge is -2.09. The third kappa shape index (κ3) is 2.84. The molecule has 0 unspecified atom stereocenters. The molecular formula is C15H18N6. The number of para-hydroxylation sites is 1. The monoisotopic (exact) mass is 282 g/mol. The predicted octanol–water partition coefficient (Wildman–Crippen LogP) is 2.34. The average Bonchev–Trinajstić information content (AvgIpc) is 2.91. The van der Waals surface area contributed by atoms with Gasteiger partial charge in [-0.1, -0.05) is 17.3 Å². The molecule has 3 aromatic rings. The third-order valence-corrected chi connectivity index (χ3v) is 3.60. The summed E-state index contributed by atoms with van der Waals surface area (Å²) in [4.78, 5) is 8.44. The van der Waals surface area contributed by atoms with Crippen LogP contribution in [0.25, 0.3) is 11.0 Å². The fraction of sp³-hybridized carbons (Fsp3) is 0.333. The molecule has 21 heavy (non-hydrogen) atoms. The summed E-state index contributed by atoms with van der Waals surface area (Å²) in [5.74, 6) is 0.908. The fourth-order valence-electron chi connectivity index (χ4n) is 2.23. The Morgan fingerprint density at radius 3 is 2.90 bits per heavy atom. The van der Waals surface area contributed by atoms with Crippen LogP contribution >= 0.6 is 0 Å². The van der Waals surface area contributed by atoms with E-state index in [1.807, 2.05) is 42.8 Å². The van der Waals surface area contributed by atoms with Gasteiger partial charge in [0.05, 0.1) is 5.52 Å². The van der Waals surface area contributed by atoms with Gasteiger partial charge in [0.1, 0.15) is 17.7 Å². The summed E-state index contributed by atoms with van der Waals surface area (Å²) in [5, 5.41) is 11.7. The van der Waals surface area contributed by atoms with Gasteiger partial charge < -0.3 is 5.32 Å². The van der Waals surface area contributed by atoms with Gasteiger partial charge in [0, 0.05) is 24.3 Å². The summed E-state index contributed by atoms with van der Waals surface area (Å²) in [5.41, 5.74) is 4.12. The smallest absolute Gasteiger partial charge is 0.132 e. The largest absolute Gasteiger partial charge is 0.370 e. The number of benzene rings is 1. The lowest BCUT2D eigenvalue weighted by Crippen LogP contribution is -2.10. The van der Waals surface area contributed by atoms with Gasteiger partial charge in [-0.05, 0) is 32.4 Å². The number of anilines is 1. The molecule has 1 aromatic carbocycles. The molecule has 0 bridgehead atoms. The van der Waals surface area contributed by atoms with Crippen LogP contribution in [0.3, 0.4) is 0 Å². The molecule has 0 atom stereocenters. The van der Waals surface area contributed by atoms with Crippen LogP contribution in [0.4, 0.5) is 5.82 Å². The van der Waals surface area contributed by atoms with Crippen molar-refractivity contribution in [3.63, 3.8) is 0 Å². The first-order valence-electron chi connectivity index (χ1n) is 7.06. The Balaban J connectivity index is 1.58. The summed E-state index contributed by atoms with van der Waals surface area (Å²) in [6.45, 7) is 5.69. The normalized spacial score (nSPS) is 11.0. The van der Waals surface area contributed by atoms with Crippen LogP contribution in [0, 0.1) is 13.8 Å². The van der Waals surface area contributed by atoms with Crippen LogP contribution < -0.4 is 5.32 Å². The molecule has 0 aliphatic heterocycles. The summed E-state index contributed by atoms with van der Waals surface area (Å²) >= 11 is 0. The molecule has 0 fully saturated rings. The van der Waals surface area contributed by atoms with E-state index in [2.05, 4.69) is 25.6 Å². The minimum absolute atomic E-state index is 0.830. The van der Waals surface area contributed by atoms with E-state index in [0.29, 0.717) is 0 Å². The summed E-state index contributed by atoms with van der Waals surface area (Å²) in [7, 11) is 0. The molecule has 0 radical (unpaired) electrons. The number of aryl methyl sites for hydroxylation is 2. The van der Waals surface area contributed by atoms with E-state index < -0.39 is 0 Å². The zero-order valence-corrected chi connectivity index (χ0v) is 12.2. The van der Waals surface area contributed by atoms with Gasteiger partial charge in [-0.15, -0.1) is 5.10 Å². The van der Waals surface area contributed by atoms with E-state index >= 15 is 0 Å². The molecule has 0 amide bonds. The Morgan fingerprint density at radius 1 is 1.14 bits per heavy atom.